The Kier molecular flexibility index (Phi) is 4.35. The number of piperazine rings is 1. The number of nitrogens with one attached hydrogen (secondary N) is 4. The molecular weight excluding hydrogens is 248 g/mol. The van der Waals surface area contributed by atoms with E-state index in [1.165, 1.54) is 37.3 Å². The first-order chi connectivity index (χ1) is 9.90. The van der Waals surface area contributed by atoms with E-state index in [0.717, 1.165) is 13.1 Å². The van der Waals surface area contributed by atoms with E-state index >= 15 is 0 Å². The van der Waals surface area contributed by atoms with Crippen LogP contribution < -0.4 is 19.8 Å². The first-order valence-corrected chi connectivity index (χ1v) is 7.47. The maximum Gasteiger partial charge on any atom is 0.175 e. The number of quaternary nitrogens is 2. The van der Waals surface area contributed by atoms with Crippen molar-refractivity contribution in [2.24, 2.45) is 0 Å². The van der Waals surface area contributed by atoms with Crippen molar-refractivity contribution in [2.45, 2.75) is 13.1 Å². The molecule has 0 atom stereocenters. The standard InChI is InChI=1S/C16H20N4/c1-2-16(12-18-5-1)14-20-10-8-19(9-11-20)13-15-3-6-17-7-4-15/h1-7,12H,8-11,13-14H2/p+4. The van der Waals surface area contributed by atoms with E-state index in [1.54, 1.807) is 9.80 Å². The number of aromatic amines is 2. The van der Waals surface area contributed by atoms with E-state index in [9.17, 15) is 0 Å². The van der Waals surface area contributed by atoms with Gasteiger partial charge in [0.15, 0.2) is 24.8 Å². The summed E-state index contributed by atoms with van der Waals surface area (Å²) in [5, 5.41) is 0. The fourth-order valence-corrected chi connectivity index (χ4v) is 2.97. The number of H-pyrrole nitrogens is 2. The summed E-state index contributed by atoms with van der Waals surface area (Å²) in [6.45, 7) is 7.37. The average Bonchev–Trinajstić information content (AvgIpc) is 2.51. The molecule has 0 bridgehead atoms. The van der Waals surface area contributed by atoms with Gasteiger partial charge in [0.05, 0.1) is 5.56 Å². The second-order valence-electron chi connectivity index (χ2n) is 5.67. The Bertz CT molecular complexity index is 457. The minimum absolute atomic E-state index is 1.14. The van der Waals surface area contributed by atoms with Crippen molar-refractivity contribution in [3.63, 3.8) is 0 Å². The minimum Gasteiger partial charge on any atom is -0.322 e. The molecule has 4 heteroatoms. The summed E-state index contributed by atoms with van der Waals surface area (Å²) in [5.74, 6) is 0. The molecule has 0 unspecified atom stereocenters. The lowest BCUT2D eigenvalue weighted by Crippen LogP contribution is -3.27. The largest absolute Gasteiger partial charge is 0.322 e. The highest BCUT2D eigenvalue weighted by molar-refractivity contribution is 5.05. The SMILES string of the molecule is c1c[nH+]cc(C[NH+]2CC[NH+](Cc3cc[nH+]cc3)CC2)c1. The van der Waals surface area contributed by atoms with Crippen LogP contribution in [0.4, 0.5) is 0 Å². The zero-order valence-electron chi connectivity index (χ0n) is 11.9. The Morgan fingerprint density at radius 2 is 1.40 bits per heavy atom. The van der Waals surface area contributed by atoms with Gasteiger partial charge in [0, 0.05) is 23.8 Å². The van der Waals surface area contributed by atoms with Crippen LogP contribution in [0.15, 0.2) is 49.1 Å². The molecule has 104 valence electrons. The van der Waals surface area contributed by atoms with Crippen molar-refractivity contribution in [1.82, 2.24) is 0 Å². The average molecular weight is 272 g/mol. The van der Waals surface area contributed by atoms with Crippen LogP contribution in [0.1, 0.15) is 11.1 Å². The van der Waals surface area contributed by atoms with Gasteiger partial charge in [-0.05, 0) is 6.07 Å². The Hall–Kier alpha value is -1.78. The maximum atomic E-state index is 3.17. The van der Waals surface area contributed by atoms with Gasteiger partial charge in [0.2, 0.25) is 0 Å². The Balaban J connectivity index is 1.47. The second kappa shape index (κ2) is 6.59. The molecule has 0 spiro atoms. The second-order valence-corrected chi connectivity index (χ2v) is 5.67. The Labute approximate surface area is 120 Å². The van der Waals surface area contributed by atoms with Crippen LogP contribution in [-0.2, 0) is 13.1 Å². The number of rotatable bonds is 4. The summed E-state index contributed by atoms with van der Waals surface area (Å²) in [5.41, 5.74) is 2.84. The molecule has 3 rings (SSSR count). The predicted octanol–water partition coefficient (Wildman–Crippen LogP) is -2.20. The van der Waals surface area contributed by atoms with E-state index in [0.29, 0.717) is 0 Å². The number of aromatic nitrogens is 2. The van der Waals surface area contributed by atoms with Crippen LogP contribution in [0.5, 0.6) is 0 Å². The molecule has 2 aromatic heterocycles. The molecule has 2 aromatic rings. The van der Waals surface area contributed by atoms with Crippen LogP contribution in [0.2, 0.25) is 0 Å². The van der Waals surface area contributed by atoms with Crippen molar-refractivity contribution in [3.8, 4) is 0 Å². The third kappa shape index (κ3) is 3.62. The lowest BCUT2D eigenvalue weighted by Gasteiger charge is -2.29. The molecule has 3 heterocycles. The van der Waals surface area contributed by atoms with Gasteiger partial charge in [-0.15, -0.1) is 0 Å². The van der Waals surface area contributed by atoms with Crippen molar-refractivity contribution < 1.29 is 19.8 Å². The zero-order chi connectivity index (χ0) is 13.6. The molecule has 1 aliphatic heterocycles. The minimum atomic E-state index is 1.14. The molecule has 0 saturated carbocycles. The fourth-order valence-electron chi connectivity index (χ4n) is 2.97. The number of hydrogen-bond donors (Lipinski definition) is 2. The Morgan fingerprint density at radius 1 is 0.750 bits per heavy atom. The lowest BCUT2D eigenvalue weighted by atomic mass is 10.2. The summed E-state index contributed by atoms with van der Waals surface area (Å²) < 4.78 is 0. The van der Waals surface area contributed by atoms with Crippen molar-refractivity contribution in [2.75, 3.05) is 26.2 Å². The van der Waals surface area contributed by atoms with Crippen LogP contribution in [0.3, 0.4) is 0 Å². The van der Waals surface area contributed by atoms with Gasteiger partial charge in [-0.25, -0.2) is 9.97 Å². The van der Waals surface area contributed by atoms with Gasteiger partial charge in [-0.3, -0.25) is 0 Å². The summed E-state index contributed by atoms with van der Waals surface area (Å²) in [6.07, 6.45) is 8.12. The first kappa shape index (κ1) is 13.2. The summed E-state index contributed by atoms with van der Waals surface area (Å²) in [7, 11) is 0. The zero-order valence-corrected chi connectivity index (χ0v) is 11.9. The van der Waals surface area contributed by atoms with Crippen molar-refractivity contribution >= 4 is 0 Å². The van der Waals surface area contributed by atoms with Gasteiger partial charge in [-0.2, -0.15) is 0 Å². The van der Waals surface area contributed by atoms with E-state index in [-0.39, 0.29) is 0 Å². The molecule has 20 heavy (non-hydrogen) atoms. The third-order valence-electron chi connectivity index (χ3n) is 4.13. The molecule has 4 N–H and O–H groups in total. The number of hydrogen-bond acceptors (Lipinski definition) is 0. The van der Waals surface area contributed by atoms with Gasteiger partial charge in [-0.1, -0.05) is 0 Å². The van der Waals surface area contributed by atoms with Crippen LogP contribution in [0, 0.1) is 0 Å². The van der Waals surface area contributed by atoms with Crippen LogP contribution in [-0.4, -0.2) is 26.2 Å². The molecule has 0 aliphatic carbocycles. The highest BCUT2D eigenvalue weighted by atomic mass is 15.3. The van der Waals surface area contributed by atoms with Crippen LogP contribution in [0.25, 0.3) is 0 Å². The molecule has 1 fully saturated rings. The van der Waals surface area contributed by atoms with Gasteiger partial charge in [0.1, 0.15) is 39.3 Å². The third-order valence-corrected chi connectivity index (χ3v) is 4.13. The first-order valence-electron chi connectivity index (χ1n) is 7.47. The van der Waals surface area contributed by atoms with Crippen LogP contribution >= 0.6 is 0 Å². The summed E-state index contributed by atoms with van der Waals surface area (Å²) in [6, 6.07) is 8.67. The monoisotopic (exact) mass is 272 g/mol. The quantitative estimate of drug-likeness (QED) is 0.634. The normalized spacial score (nSPS) is 22.6. The smallest absolute Gasteiger partial charge is 0.175 e. The van der Waals surface area contributed by atoms with E-state index < -0.39 is 0 Å². The Morgan fingerprint density at radius 3 is 2.00 bits per heavy atom. The molecular formula is C16H24N4+4. The number of pyridine rings is 2. The summed E-state index contributed by atoms with van der Waals surface area (Å²) in [4.78, 5) is 9.67. The van der Waals surface area contributed by atoms with Crippen molar-refractivity contribution in [1.29, 1.82) is 0 Å². The van der Waals surface area contributed by atoms with E-state index in [4.69, 9.17) is 0 Å². The molecule has 4 nitrogen and oxygen atoms in total. The highest BCUT2D eigenvalue weighted by Crippen LogP contribution is 1.91. The van der Waals surface area contributed by atoms with Gasteiger partial charge in [0.25, 0.3) is 0 Å². The predicted molar refractivity (Wildman–Crippen MR) is 74.8 cm³/mol. The van der Waals surface area contributed by atoms with Gasteiger partial charge < -0.3 is 9.80 Å². The fraction of sp³-hybridized carbons (Fsp3) is 0.375. The van der Waals surface area contributed by atoms with E-state index in [1.807, 2.05) is 18.6 Å². The topological polar surface area (TPSA) is 37.2 Å². The summed E-state index contributed by atoms with van der Waals surface area (Å²) >= 11 is 0. The molecule has 0 radical (unpaired) electrons. The van der Waals surface area contributed by atoms with Gasteiger partial charge >= 0.3 is 0 Å². The molecule has 1 saturated heterocycles. The molecule has 0 amide bonds. The highest BCUT2D eigenvalue weighted by Gasteiger charge is 2.23. The van der Waals surface area contributed by atoms with E-state index in [2.05, 4.69) is 40.4 Å². The van der Waals surface area contributed by atoms with Crippen molar-refractivity contribution in [3.05, 3.63) is 60.2 Å². The lowest BCUT2D eigenvalue weighted by molar-refractivity contribution is -1.02. The maximum absolute atomic E-state index is 3.17. The molecule has 1 aliphatic rings. The molecule has 0 aromatic carbocycles.